The van der Waals surface area contributed by atoms with Gasteiger partial charge in [0.25, 0.3) is 0 Å². The van der Waals surface area contributed by atoms with E-state index in [1.54, 1.807) is 24.2 Å². The van der Waals surface area contributed by atoms with Crippen molar-refractivity contribution < 1.29 is 18.7 Å². The molecule has 4 unspecified atom stereocenters. The second kappa shape index (κ2) is 8.71. The Morgan fingerprint density at radius 1 is 1.21 bits per heavy atom. The van der Waals surface area contributed by atoms with Crippen molar-refractivity contribution in [2.24, 2.45) is 5.92 Å². The van der Waals surface area contributed by atoms with Crippen LogP contribution < -0.4 is 0 Å². The molecule has 0 aliphatic carbocycles. The van der Waals surface area contributed by atoms with E-state index in [9.17, 15) is 18.7 Å². The van der Waals surface area contributed by atoms with Gasteiger partial charge in [-0.05, 0) is 48.4 Å². The molecule has 3 heterocycles. The van der Waals surface area contributed by atoms with Gasteiger partial charge in [0, 0.05) is 18.5 Å². The van der Waals surface area contributed by atoms with E-state index in [4.69, 9.17) is 0 Å². The maximum atomic E-state index is 14.0. The molecule has 172 valence electrons. The molecule has 7 heteroatoms. The minimum Gasteiger partial charge on any atom is -0.393 e. The molecule has 1 saturated heterocycles. The van der Waals surface area contributed by atoms with Crippen molar-refractivity contribution in [3.05, 3.63) is 77.8 Å². The number of piperidine rings is 1. The topological polar surface area (TPSA) is 58.4 Å². The monoisotopic (exact) mass is 451 g/mol. The van der Waals surface area contributed by atoms with E-state index in [2.05, 4.69) is 21.7 Å². The van der Waals surface area contributed by atoms with E-state index in [0.29, 0.717) is 37.8 Å². The number of amides is 1. The number of hydrogen-bond acceptors (Lipinski definition) is 3. The van der Waals surface area contributed by atoms with E-state index in [-0.39, 0.29) is 23.9 Å². The Morgan fingerprint density at radius 2 is 2.03 bits per heavy atom. The first-order chi connectivity index (χ1) is 16.0. The third kappa shape index (κ3) is 3.84. The van der Waals surface area contributed by atoms with Crippen LogP contribution in [0.5, 0.6) is 0 Å². The standard InChI is InChI=1S/C26H27F2N3O2/c1-2-26(33)30-10-9-17(12-22(30)16-7-8-20(27)21(28)11-16)25(32)13-23-18-5-3-4-6-19(18)24-14-29-15-31(23)24/h3-8,11,14-15,17,22-23,25,32H,2,9-10,12-13H2,1H3. The van der Waals surface area contributed by atoms with Crippen LogP contribution in [-0.4, -0.2) is 38.1 Å². The quantitative estimate of drug-likeness (QED) is 0.602. The molecule has 0 saturated carbocycles. The molecule has 1 fully saturated rings. The van der Waals surface area contributed by atoms with Crippen molar-refractivity contribution in [1.29, 1.82) is 0 Å². The lowest BCUT2D eigenvalue weighted by Crippen LogP contribution is -2.43. The van der Waals surface area contributed by atoms with Crippen LogP contribution >= 0.6 is 0 Å². The first-order valence-electron chi connectivity index (χ1n) is 11.5. The maximum Gasteiger partial charge on any atom is 0.222 e. The summed E-state index contributed by atoms with van der Waals surface area (Å²) < 4.78 is 29.6. The fourth-order valence-electron chi connectivity index (χ4n) is 5.47. The molecule has 3 aromatic rings. The van der Waals surface area contributed by atoms with Gasteiger partial charge < -0.3 is 14.6 Å². The van der Waals surface area contributed by atoms with Crippen LogP contribution in [-0.2, 0) is 4.79 Å². The predicted molar refractivity (Wildman–Crippen MR) is 120 cm³/mol. The number of hydrogen-bond donors (Lipinski definition) is 1. The van der Waals surface area contributed by atoms with Gasteiger partial charge in [-0.2, -0.15) is 0 Å². The van der Waals surface area contributed by atoms with E-state index < -0.39 is 17.7 Å². The molecule has 0 radical (unpaired) electrons. The summed E-state index contributed by atoms with van der Waals surface area (Å²) in [5, 5.41) is 11.3. The normalized spacial score (nSPS) is 22.7. The number of likely N-dealkylation sites (tertiary alicyclic amines) is 1. The smallest absolute Gasteiger partial charge is 0.222 e. The Morgan fingerprint density at radius 3 is 2.82 bits per heavy atom. The summed E-state index contributed by atoms with van der Waals surface area (Å²) in [6, 6.07) is 11.6. The molecule has 1 N–H and O–H groups in total. The number of aromatic nitrogens is 2. The second-order valence-corrected chi connectivity index (χ2v) is 9.01. The Labute approximate surface area is 191 Å². The van der Waals surface area contributed by atoms with Crippen LogP contribution in [0.15, 0.2) is 55.0 Å². The van der Waals surface area contributed by atoms with Crippen molar-refractivity contribution >= 4 is 5.91 Å². The number of nitrogens with zero attached hydrogens (tertiary/aromatic N) is 3. The number of carbonyl (C=O) groups excluding carboxylic acids is 1. The fourth-order valence-corrected chi connectivity index (χ4v) is 5.47. The SMILES string of the molecule is CCC(=O)N1CCC(C(O)CC2c3ccccc3-c3cncn32)CC1c1ccc(F)c(F)c1. The first-order valence-corrected chi connectivity index (χ1v) is 11.5. The average Bonchev–Trinajstić information content (AvgIpc) is 3.42. The summed E-state index contributed by atoms with van der Waals surface area (Å²) in [6.07, 6.45) is 5.08. The summed E-state index contributed by atoms with van der Waals surface area (Å²) in [5.74, 6) is -1.92. The summed E-state index contributed by atoms with van der Waals surface area (Å²) in [7, 11) is 0. The molecule has 4 atom stereocenters. The number of aliphatic hydroxyl groups excluding tert-OH is 1. The Kier molecular flexibility index (Phi) is 5.74. The number of aliphatic hydroxyl groups is 1. The van der Waals surface area contributed by atoms with Gasteiger partial charge in [-0.1, -0.05) is 37.3 Å². The van der Waals surface area contributed by atoms with E-state index >= 15 is 0 Å². The highest BCUT2D eigenvalue weighted by Gasteiger charge is 2.38. The van der Waals surface area contributed by atoms with Gasteiger partial charge in [-0.3, -0.25) is 4.79 Å². The van der Waals surface area contributed by atoms with Crippen molar-refractivity contribution in [1.82, 2.24) is 14.5 Å². The van der Waals surface area contributed by atoms with Crippen molar-refractivity contribution in [2.75, 3.05) is 6.54 Å². The maximum absolute atomic E-state index is 14.0. The van der Waals surface area contributed by atoms with Gasteiger partial charge in [0.2, 0.25) is 5.91 Å². The number of benzene rings is 2. The van der Waals surface area contributed by atoms with Gasteiger partial charge in [-0.15, -0.1) is 0 Å². The van der Waals surface area contributed by atoms with E-state index in [0.717, 1.165) is 17.3 Å². The molecule has 5 rings (SSSR count). The lowest BCUT2D eigenvalue weighted by molar-refractivity contribution is -0.136. The molecule has 2 aliphatic heterocycles. The van der Waals surface area contributed by atoms with Crippen LogP contribution in [0, 0.1) is 17.6 Å². The minimum absolute atomic E-state index is 0.00859. The Hall–Kier alpha value is -3.06. The van der Waals surface area contributed by atoms with Crippen molar-refractivity contribution in [3.63, 3.8) is 0 Å². The number of fused-ring (bicyclic) bond motifs is 3. The molecular weight excluding hydrogens is 424 g/mol. The van der Waals surface area contributed by atoms with Crippen LogP contribution in [0.1, 0.15) is 55.8 Å². The van der Waals surface area contributed by atoms with Crippen molar-refractivity contribution in [2.45, 2.75) is 50.8 Å². The highest BCUT2D eigenvalue weighted by atomic mass is 19.2. The highest BCUT2D eigenvalue weighted by molar-refractivity contribution is 5.76. The van der Waals surface area contributed by atoms with Crippen LogP contribution in [0.2, 0.25) is 0 Å². The Bertz CT molecular complexity index is 1180. The minimum atomic E-state index is -0.922. The van der Waals surface area contributed by atoms with E-state index in [1.165, 1.54) is 11.6 Å². The largest absolute Gasteiger partial charge is 0.393 e. The van der Waals surface area contributed by atoms with Gasteiger partial charge in [0.1, 0.15) is 0 Å². The van der Waals surface area contributed by atoms with Gasteiger partial charge in [0.05, 0.1) is 36.4 Å². The molecule has 1 aromatic heterocycles. The summed E-state index contributed by atoms with van der Waals surface area (Å²) in [5.41, 5.74) is 3.92. The number of halogens is 2. The molecule has 2 aromatic carbocycles. The molecule has 2 aliphatic rings. The highest BCUT2D eigenvalue weighted by Crippen LogP contribution is 2.44. The van der Waals surface area contributed by atoms with Crippen LogP contribution in [0.3, 0.4) is 0 Å². The Balaban J connectivity index is 1.39. The zero-order valence-electron chi connectivity index (χ0n) is 18.5. The third-order valence-electron chi connectivity index (χ3n) is 7.20. The summed E-state index contributed by atoms with van der Waals surface area (Å²) in [6.45, 7) is 2.28. The molecule has 1 amide bonds. The van der Waals surface area contributed by atoms with Gasteiger partial charge in [0.15, 0.2) is 11.6 Å². The van der Waals surface area contributed by atoms with Crippen LogP contribution in [0.4, 0.5) is 8.78 Å². The molecule has 0 bridgehead atoms. The third-order valence-corrected chi connectivity index (χ3v) is 7.20. The number of imidazole rings is 1. The van der Waals surface area contributed by atoms with Crippen molar-refractivity contribution in [3.8, 4) is 11.3 Å². The van der Waals surface area contributed by atoms with Crippen LogP contribution in [0.25, 0.3) is 11.3 Å². The zero-order chi connectivity index (χ0) is 23.1. The second-order valence-electron chi connectivity index (χ2n) is 9.01. The fraction of sp³-hybridized carbons (Fsp3) is 0.385. The van der Waals surface area contributed by atoms with E-state index in [1.807, 2.05) is 18.3 Å². The summed E-state index contributed by atoms with van der Waals surface area (Å²) >= 11 is 0. The van der Waals surface area contributed by atoms with Gasteiger partial charge >= 0.3 is 0 Å². The lowest BCUT2D eigenvalue weighted by Gasteiger charge is -2.41. The lowest BCUT2D eigenvalue weighted by atomic mass is 9.81. The first kappa shape index (κ1) is 21.8. The average molecular weight is 452 g/mol. The molecule has 5 nitrogen and oxygen atoms in total. The van der Waals surface area contributed by atoms with Gasteiger partial charge in [-0.25, -0.2) is 13.8 Å². The summed E-state index contributed by atoms with van der Waals surface area (Å²) in [4.78, 5) is 18.6. The molecule has 0 spiro atoms. The zero-order valence-corrected chi connectivity index (χ0v) is 18.5. The molecular formula is C26H27F2N3O2. The predicted octanol–water partition coefficient (Wildman–Crippen LogP) is 4.87. The number of rotatable bonds is 5. The molecule has 33 heavy (non-hydrogen) atoms. The number of carbonyl (C=O) groups is 1.